The second kappa shape index (κ2) is 13.7. The van der Waals surface area contributed by atoms with Crippen molar-refractivity contribution in [2.45, 2.75) is 63.6 Å². The van der Waals surface area contributed by atoms with E-state index in [1.165, 1.54) is 29.8 Å². The van der Waals surface area contributed by atoms with Crippen LogP contribution in [0, 0.1) is 18.3 Å². The Hall–Kier alpha value is -5.61. The second-order valence-corrected chi connectivity index (χ2v) is 13.5. The Bertz CT molecular complexity index is 2230. The van der Waals surface area contributed by atoms with Crippen molar-refractivity contribution in [3.8, 4) is 11.8 Å². The maximum atomic E-state index is 13.2. The Kier molecular flexibility index (Phi) is 9.79. The van der Waals surface area contributed by atoms with Gasteiger partial charge >= 0.3 is 6.18 Å². The van der Waals surface area contributed by atoms with Gasteiger partial charge in [-0.25, -0.2) is 9.67 Å². The molecule has 0 radical (unpaired) electrons. The average Bonchev–Trinajstić information content (AvgIpc) is 3.67. The van der Waals surface area contributed by atoms with Gasteiger partial charge in [0.1, 0.15) is 28.8 Å². The molecule has 0 saturated heterocycles. The van der Waals surface area contributed by atoms with Gasteiger partial charge in [-0.3, -0.25) is 14.4 Å². The number of H-pyrrole nitrogens is 1. The molecule has 0 saturated carbocycles. The monoisotopic (exact) mass is 712 g/mol. The number of aryl methyl sites for hydroxylation is 2. The van der Waals surface area contributed by atoms with Crippen LogP contribution >= 0.6 is 0 Å². The lowest BCUT2D eigenvalue weighted by Gasteiger charge is -2.16. The van der Waals surface area contributed by atoms with Crippen LogP contribution in [0.3, 0.4) is 0 Å². The molecule has 0 aliphatic rings. The van der Waals surface area contributed by atoms with E-state index >= 15 is 0 Å². The SMILES string of the molecule is Cc1nn(CC(F)(F)F)c(N=Nc2c(C(C)(C)C)[nH]n3nc(CCCOc4ccc(NC(=O)c5ccccc5S(=O)(=O)O)cc4)nc23)c1C#N. The molecule has 5 rings (SSSR count). The first-order chi connectivity index (χ1) is 23.4. The fraction of sp³-hybridized carbons (Fsp3) is 0.323. The number of aromatic amines is 1. The number of carbonyl (C=O) groups excluding carboxylic acids is 1. The van der Waals surface area contributed by atoms with E-state index in [4.69, 9.17) is 4.74 Å². The second-order valence-electron chi connectivity index (χ2n) is 12.1. The highest BCUT2D eigenvalue weighted by Crippen LogP contribution is 2.36. The lowest BCUT2D eigenvalue weighted by molar-refractivity contribution is -0.142. The molecule has 0 spiro atoms. The number of hydrogen-bond donors (Lipinski definition) is 3. The summed E-state index contributed by atoms with van der Waals surface area (Å²) in [4.78, 5) is 16.7. The molecule has 3 heterocycles. The van der Waals surface area contributed by atoms with Crippen LogP contribution in [0.15, 0.2) is 63.7 Å². The highest BCUT2D eigenvalue weighted by Gasteiger charge is 2.32. The maximum absolute atomic E-state index is 13.2. The summed E-state index contributed by atoms with van der Waals surface area (Å²) < 4.78 is 80.0. The predicted molar refractivity (Wildman–Crippen MR) is 172 cm³/mol. The summed E-state index contributed by atoms with van der Waals surface area (Å²) >= 11 is 0. The van der Waals surface area contributed by atoms with Crippen LogP contribution in [0.4, 0.5) is 30.4 Å². The zero-order valence-electron chi connectivity index (χ0n) is 27.1. The van der Waals surface area contributed by atoms with Gasteiger partial charge in [0.05, 0.1) is 23.6 Å². The molecule has 15 nitrogen and oxygen atoms in total. The lowest BCUT2D eigenvalue weighted by Crippen LogP contribution is -2.18. The van der Waals surface area contributed by atoms with Crippen molar-refractivity contribution in [1.82, 2.24) is 29.6 Å². The van der Waals surface area contributed by atoms with E-state index in [9.17, 15) is 36.2 Å². The Balaban J connectivity index is 1.25. The molecule has 262 valence electrons. The fourth-order valence-electron chi connectivity index (χ4n) is 4.89. The maximum Gasteiger partial charge on any atom is 0.408 e. The Morgan fingerprint density at radius 1 is 1.10 bits per heavy atom. The van der Waals surface area contributed by atoms with Crippen molar-refractivity contribution in [2.75, 3.05) is 11.9 Å². The smallest absolute Gasteiger partial charge is 0.408 e. The normalized spacial score (nSPS) is 12.5. The molecule has 0 unspecified atom stereocenters. The summed E-state index contributed by atoms with van der Waals surface area (Å²) in [6.45, 7) is 5.96. The molecule has 0 aliphatic carbocycles. The summed E-state index contributed by atoms with van der Waals surface area (Å²) in [5.74, 6) is -0.0995. The third kappa shape index (κ3) is 8.15. The molecule has 0 bridgehead atoms. The number of nitrogens with zero attached hydrogens (tertiary/aromatic N) is 8. The number of carbonyl (C=O) groups is 1. The number of halogens is 3. The molecular weight excluding hydrogens is 681 g/mol. The summed E-state index contributed by atoms with van der Waals surface area (Å²) in [5.41, 5.74) is 0.753. The predicted octanol–water partition coefficient (Wildman–Crippen LogP) is 6.22. The van der Waals surface area contributed by atoms with Crippen molar-refractivity contribution < 1.29 is 35.7 Å². The molecule has 50 heavy (non-hydrogen) atoms. The van der Waals surface area contributed by atoms with Crippen LogP contribution in [-0.2, 0) is 28.5 Å². The Labute approximate surface area is 283 Å². The fourth-order valence-corrected chi connectivity index (χ4v) is 5.58. The Morgan fingerprint density at radius 2 is 1.80 bits per heavy atom. The largest absolute Gasteiger partial charge is 0.494 e. The van der Waals surface area contributed by atoms with Crippen molar-refractivity contribution in [1.29, 1.82) is 5.26 Å². The van der Waals surface area contributed by atoms with Gasteiger partial charge in [-0.05, 0) is 49.7 Å². The van der Waals surface area contributed by atoms with E-state index in [0.717, 1.165) is 6.07 Å². The summed E-state index contributed by atoms with van der Waals surface area (Å²) in [7, 11) is -4.59. The average molecular weight is 713 g/mol. The number of ether oxygens (including phenoxy) is 1. The van der Waals surface area contributed by atoms with Gasteiger partial charge in [0.2, 0.25) is 5.65 Å². The highest BCUT2D eigenvalue weighted by molar-refractivity contribution is 7.86. The molecule has 2 aromatic carbocycles. The molecular formula is C31H31F3N10O5S. The molecule has 0 atom stereocenters. The number of aromatic nitrogens is 6. The van der Waals surface area contributed by atoms with E-state index < -0.39 is 39.1 Å². The van der Waals surface area contributed by atoms with Crippen molar-refractivity contribution in [2.24, 2.45) is 10.2 Å². The molecule has 0 aliphatic heterocycles. The number of nitriles is 1. The number of benzene rings is 2. The third-order valence-electron chi connectivity index (χ3n) is 7.19. The van der Waals surface area contributed by atoms with Crippen molar-refractivity contribution in [3.05, 3.63) is 76.9 Å². The number of hydrogen-bond acceptors (Lipinski definition) is 10. The van der Waals surface area contributed by atoms with E-state index in [2.05, 4.69) is 35.8 Å². The Morgan fingerprint density at radius 3 is 2.44 bits per heavy atom. The first kappa shape index (κ1) is 35.7. The number of fused-ring (bicyclic) bond motifs is 1. The van der Waals surface area contributed by atoms with E-state index in [1.54, 1.807) is 24.3 Å². The summed E-state index contributed by atoms with van der Waals surface area (Å²) in [6.07, 6.45) is -3.69. The molecule has 19 heteroatoms. The molecule has 1 amide bonds. The van der Waals surface area contributed by atoms with Crippen LogP contribution in [0.5, 0.6) is 5.75 Å². The quantitative estimate of drug-likeness (QED) is 0.0806. The number of rotatable bonds is 11. The zero-order valence-corrected chi connectivity index (χ0v) is 28.0. The van der Waals surface area contributed by atoms with Crippen LogP contribution < -0.4 is 10.1 Å². The van der Waals surface area contributed by atoms with Crippen molar-refractivity contribution in [3.63, 3.8) is 0 Å². The van der Waals surface area contributed by atoms with Crippen LogP contribution in [0.25, 0.3) is 5.65 Å². The number of amides is 1. The number of azo groups is 1. The summed E-state index contributed by atoms with van der Waals surface area (Å²) in [6, 6.07) is 13.5. The van der Waals surface area contributed by atoms with Gasteiger partial charge in [-0.15, -0.1) is 15.3 Å². The summed E-state index contributed by atoms with van der Waals surface area (Å²) in [5, 5.41) is 31.9. The van der Waals surface area contributed by atoms with Gasteiger partial charge in [-0.1, -0.05) is 32.9 Å². The first-order valence-electron chi connectivity index (χ1n) is 15.0. The minimum atomic E-state index is -4.59. The molecule has 0 fully saturated rings. The van der Waals surface area contributed by atoms with Crippen LogP contribution in [0.2, 0.25) is 0 Å². The van der Waals surface area contributed by atoms with E-state index in [1.807, 2.05) is 26.8 Å². The van der Waals surface area contributed by atoms with Gasteiger partial charge in [0, 0.05) is 17.5 Å². The van der Waals surface area contributed by atoms with Gasteiger partial charge in [0.15, 0.2) is 17.3 Å². The molecule has 3 aromatic heterocycles. The first-order valence-corrected chi connectivity index (χ1v) is 16.4. The van der Waals surface area contributed by atoms with Gasteiger partial charge < -0.3 is 10.1 Å². The number of anilines is 1. The van der Waals surface area contributed by atoms with Gasteiger partial charge in [-0.2, -0.15) is 36.6 Å². The van der Waals surface area contributed by atoms with E-state index in [0.29, 0.717) is 46.1 Å². The topological polar surface area (TPSA) is 205 Å². The lowest BCUT2D eigenvalue weighted by atomic mass is 9.91. The highest BCUT2D eigenvalue weighted by atomic mass is 32.2. The zero-order chi connectivity index (χ0) is 36.4. The number of alkyl halides is 3. The van der Waals surface area contributed by atoms with E-state index in [-0.39, 0.29) is 34.9 Å². The van der Waals surface area contributed by atoms with Crippen molar-refractivity contribution >= 4 is 38.9 Å². The molecule has 5 aromatic rings. The van der Waals surface area contributed by atoms with Crippen LogP contribution in [-0.4, -0.2) is 61.3 Å². The number of nitrogens with one attached hydrogen (secondary N) is 2. The molecule has 3 N–H and O–H groups in total. The third-order valence-corrected chi connectivity index (χ3v) is 8.10. The minimum Gasteiger partial charge on any atom is -0.494 e. The van der Waals surface area contributed by atoms with Crippen LogP contribution in [0.1, 0.15) is 60.3 Å². The minimum absolute atomic E-state index is 0.0931. The van der Waals surface area contributed by atoms with Gasteiger partial charge in [0.25, 0.3) is 16.0 Å². The standard InChI is InChI=1S/C31H31F3N10O5S/c1-18-22(16-35)27(43(40-18)17-31(32,33)34)39-38-25-26(30(2,3)4)42-44-28(25)37-24(41-44)10-7-15-49-20-13-11-19(12-14-20)36-29(45)21-8-5-6-9-23(21)50(46,47)48/h5-6,8-9,11-14,42H,7,10,15,17H2,1-4H3,(H,36,45)(H,46,47,48).